The first-order valence-electron chi connectivity index (χ1n) is 9.04. The average molecular weight is 406 g/mol. The van der Waals surface area contributed by atoms with Crippen molar-refractivity contribution in [3.05, 3.63) is 52.5 Å². The first-order chi connectivity index (χ1) is 13.5. The largest absolute Gasteiger partial charge is 0.496 e. The highest BCUT2D eigenvalue weighted by Gasteiger charge is 2.38. The van der Waals surface area contributed by atoms with Crippen LogP contribution in [0.4, 0.5) is 0 Å². The van der Waals surface area contributed by atoms with Crippen molar-refractivity contribution in [2.75, 3.05) is 27.9 Å². The number of carboxylic acids is 1. The molecule has 0 aromatic heterocycles. The number of methoxy groups -OCH3 is 3. The summed E-state index contributed by atoms with van der Waals surface area (Å²) >= 11 is 6.25. The van der Waals surface area contributed by atoms with Gasteiger partial charge in [0.2, 0.25) is 0 Å². The molecule has 1 aliphatic rings. The van der Waals surface area contributed by atoms with Crippen LogP contribution >= 0.6 is 11.6 Å². The molecule has 1 heterocycles. The van der Waals surface area contributed by atoms with Gasteiger partial charge in [-0.25, -0.2) is 0 Å². The number of carboxylic acid groups (broad SMARTS) is 1. The maximum absolute atomic E-state index is 11.9. The van der Waals surface area contributed by atoms with E-state index in [-0.39, 0.29) is 6.04 Å². The molecule has 150 valence electrons. The van der Waals surface area contributed by atoms with E-state index in [4.69, 9.17) is 25.8 Å². The molecule has 6 nitrogen and oxygen atoms in total. The smallest absolute Gasteiger partial charge is 0.320 e. The highest BCUT2D eigenvalue weighted by Crippen LogP contribution is 2.44. The van der Waals surface area contributed by atoms with Gasteiger partial charge in [-0.2, -0.15) is 0 Å². The summed E-state index contributed by atoms with van der Waals surface area (Å²) in [5.41, 5.74) is 1.70. The summed E-state index contributed by atoms with van der Waals surface area (Å²) in [6.07, 6.45) is 1.41. The van der Waals surface area contributed by atoms with Crippen molar-refractivity contribution in [1.82, 2.24) is 4.90 Å². The van der Waals surface area contributed by atoms with Crippen molar-refractivity contribution in [3.63, 3.8) is 0 Å². The SMILES string of the molecule is COc1cc(OC)c(C(c2cccc(Cl)c2)N2CCCC2C(=O)O)cc1OC. The van der Waals surface area contributed by atoms with Crippen LogP contribution in [0.3, 0.4) is 0 Å². The molecule has 1 N–H and O–H groups in total. The second-order valence-corrected chi connectivity index (χ2v) is 7.08. The number of nitrogens with zero attached hydrogens (tertiary/aromatic N) is 1. The molecule has 0 bridgehead atoms. The highest BCUT2D eigenvalue weighted by atomic mass is 35.5. The van der Waals surface area contributed by atoms with E-state index >= 15 is 0 Å². The summed E-state index contributed by atoms with van der Waals surface area (Å²) in [7, 11) is 4.71. The van der Waals surface area contributed by atoms with Crippen LogP contribution in [-0.2, 0) is 4.79 Å². The van der Waals surface area contributed by atoms with E-state index in [9.17, 15) is 9.90 Å². The monoisotopic (exact) mass is 405 g/mol. The predicted octanol–water partition coefficient (Wildman–Crippen LogP) is 4.00. The molecule has 3 rings (SSSR count). The Bertz CT molecular complexity index is 857. The summed E-state index contributed by atoms with van der Waals surface area (Å²) < 4.78 is 16.5. The average Bonchev–Trinajstić information content (AvgIpc) is 3.17. The molecule has 2 aromatic carbocycles. The Balaban J connectivity index is 2.21. The van der Waals surface area contributed by atoms with Gasteiger partial charge in [0.15, 0.2) is 11.5 Å². The third-order valence-electron chi connectivity index (χ3n) is 5.11. The van der Waals surface area contributed by atoms with E-state index in [1.807, 2.05) is 29.2 Å². The van der Waals surface area contributed by atoms with Gasteiger partial charge in [0, 0.05) is 23.2 Å². The fourth-order valence-corrected chi connectivity index (χ4v) is 4.05. The van der Waals surface area contributed by atoms with Crippen molar-refractivity contribution in [1.29, 1.82) is 0 Å². The van der Waals surface area contributed by atoms with Crippen LogP contribution in [0.15, 0.2) is 36.4 Å². The fourth-order valence-electron chi connectivity index (χ4n) is 3.86. The van der Waals surface area contributed by atoms with Gasteiger partial charge in [0.1, 0.15) is 11.8 Å². The lowest BCUT2D eigenvalue weighted by atomic mass is 9.94. The Kier molecular flexibility index (Phi) is 6.31. The normalized spacial score (nSPS) is 17.9. The zero-order valence-electron chi connectivity index (χ0n) is 16.1. The molecular weight excluding hydrogens is 382 g/mol. The molecule has 2 unspecified atom stereocenters. The van der Waals surface area contributed by atoms with Gasteiger partial charge < -0.3 is 19.3 Å². The summed E-state index contributed by atoms with van der Waals surface area (Å²) in [5, 5.41) is 10.3. The number of ether oxygens (including phenoxy) is 3. The molecule has 0 spiro atoms. The quantitative estimate of drug-likeness (QED) is 0.750. The Morgan fingerprint density at radius 3 is 2.39 bits per heavy atom. The third-order valence-corrected chi connectivity index (χ3v) is 5.34. The first kappa shape index (κ1) is 20.3. The van der Waals surface area contributed by atoms with Crippen molar-refractivity contribution in [2.24, 2.45) is 0 Å². The molecule has 1 saturated heterocycles. The first-order valence-corrected chi connectivity index (χ1v) is 9.41. The molecule has 28 heavy (non-hydrogen) atoms. The molecule has 0 radical (unpaired) electrons. The third kappa shape index (κ3) is 3.88. The van der Waals surface area contributed by atoms with Gasteiger partial charge >= 0.3 is 5.97 Å². The number of hydrogen-bond donors (Lipinski definition) is 1. The predicted molar refractivity (Wildman–Crippen MR) is 107 cm³/mol. The number of halogens is 1. The second-order valence-electron chi connectivity index (χ2n) is 6.64. The van der Waals surface area contributed by atoms with Crippen LogP contribution in [0.1, 0.15) is 30.0 Å². The zero-order valence-corrected chi connectivity index (χ0v) is 16.9. The lowest BCUT2D eigenvalue weighted by molar-refractivity contribution is -0.142. The summed E-state index contributed by atoms with van der Waals surface area (Å²) in [5.74, 6) is 0.864. The lowest BCUT2D eigenvalue weighted by Crippen LogP contribution is -2.39. The molecule has 7 heteroatoms. The topological polar surface area (TPSA) is 68.2 Å². The molecule has 1 fully saturated rings. The van der Waals surface area contributed by atoms with E-state index < -0.39 is 12.0 Å². The van der Waals surface area contributed by atoms with Gasteiger partial charge in [-0.05, 0) is 36.6 Å². The number of benzene rings is 2. The molecule has 1 aliphatic heterocycles. The van der Waals surface area contributed by atoms with Gasteiger partial charge in [-0.3, -0.25) is 9.69 Å². The Labute approximate surface area is 169 Å². The van der Waals surface area contributed by atoms with Gasteiger partial charge in [0.25, 0.3) is 0 Å². The molecule has 2 atom stereocenters. The summed E-state index contributed by atoms with van der Waals surface area (Å²) in [6.45, 7) is 0.658. The molecule has 0 aliphatic carbocycles. The number of hydrogen-bond acceptors (Lipinski definition) is 5. The molecular formula is C21H24ClNO5. The zero-order chi connectivity index (χ0) is 20.3. The van der Waals surface area contributed by atoms with E-state index in [1.165, 1.54) is 0 Å². The summed E-state index contributed by atoms with van der Waals surface area (Å²) in [6, 6.07) is 10.1. The number of aliphatic carboxylic acids is 1. The van der Waals surface area contributed by atoms with E-state index in [1.54, 1.807) is 33.5 Å². The number of likely N-dealkylation sites (tertiary alicyclic amines) is 1. The molecule has 0 amide bonds. The van der Waals surface area contributed by atoms with Crippen molar-refractivity contribution in [2.45, 2.75) is 24.9 Å². The number of carbonyl (C=O) groups is 1. The van der Waals surface area contributed by atoms with E-state index in [0.29, 0.717) is 35.2 Å². The number of rotatable bonds is 7. The minimum atomic E-state index is -0.830. The van der Waals surface area contributed by atoms with Crippen molar-refractivity contribution >= 4 is 17.6 Å². The maximum Gasteiger partial charge on any atom is 0.320 e. The van der Waals surface area contributed by atoms with Gasteiger partial charge in [-0.15, -0.1) is 0 Å². The molecule has 0 saturated carbocycles. The van der Waals surface area contributed by atoms with Gasteiger partial charge in [0.05, 0.1) is 27.4 Å². The minimum Gasteiger partial charge on any atom is -0.496 e. The Morgan fingerprint density at radius 1 is 1.11 bits per heavy atom. The van der Waals surface area contributed by atoms with Crippen molar-refractivity contribution in [3.8, 4) is 17.2 Å². The van der Waals surface area contributed by atoms with Gasteiger partial charge in [-0.1, -0.05) is 23.7 Å². The lowest BCUT2D eigenvalue weighted by Gasteiger charge is -2.33. The summed E-state index contributed by atoms with van der Waals surface area (Å²) in [4.78, 5) is 13.9. The fraction of sp³-hybridized carbons (Fsp3) is 0.381. The standard InChI is InChI=1S/C21H24ClNO5/c1-26-17-12-19(28-3)18(27-2)11-15(17)20(13-6-4-7-14(22)10-13)23-9-5-8-16(23)21(24)25/h4,6-7,10-12,16,20H,5,8-9H2,1-3H3,(H,24,25). The van der Waals surface area contributed by atoms with Crippen LogP contribution in [0.5, 0.6) is 17.2 Å². The highest BCUT2D eigenvalue weighted by molar-refractivity contribution is 6.30. The van der Waals surface area contributed by atoms with Crippen LogP contribution in [0, 0.1) is 0 Å². The van der Waals surface area contributed by atoms with Crippen LogP contribution in [0.25, 0.3) is 0 Å². The van der Waals surface area contributed by atoms with Crippen LogP contribution < -0.4 is 14.2 Å². The maximum atomic E-state index is 11.9. The Morgan fingerprint density at radius 2 is 1.79 bits per heavy atom. The van der Waals surface area contributed by atoms with Crippen LogP contribution in [0.2, 0.25) is 5.02 Å². The van der Waals surface area contributed by atoms with E-state index in [0.717, 1.165) is 17.5 Å². The molecule has 2 aromatic rings. The minimum absolute atomic E-state index is 0.350. The second kappa shape index (κ2) is 8.71. The van der Waals surface area contributed by atoms with E-state index in [2.05, 4.69) is 0 Å². The Hall–Kier alpha value is -2.44. The van der Waals surface area contributed by atoms with Crippen LogP contribution in [-0.4, -0.2) is 49.9 Å². The van der Waals surface area contributed by atoms with Crippen molar-refractivity contribution < 1.29 is 24.1 Å².